The quantitative estimate of drug-likeness (QED) is 0.832. The molecule has 2 rings (SSSR count). The van der Waals surface area contributed by atoms with Crippen molar-refractivity contribution in [2.45, 2.75) is 65.1 Å². The molecule has 114 valence electrons. The third kappa shape index (κ3) is 2.91. The average molecular weight is 278 g/mol. The van der Waals surface area contributed by atoms with E-state index in [0.717, 1.165) is 19.5 Å². The number of hydrogen-bond donors (Lipinski definition) is 1. The lowest BCUT2D eigenvalue weighted by Crippen LogP contribution is -2.53. The maximum absolute atomic E-state index is 4.47. The van der Waals surface area contributed by atoms with Crippen LogP contribution in [0.5, 0.6) is 0 Å². The smallest absolute Gasteiger partial charge is 0.0538 e. The van der Waals surface area contributed by atoms with Crippen molar-refractivity contribution >= 4 is 0 Å². The maximum atomic E-state index is 4.47. The Balaban J connectivity index is 2.28. The van der Waals surface area contributed by atoms with E-state index in [4.69, 9.17) is 0 Å². The van der Waals surface area contributed by atoms with Gasteiger partial charge in [0.2, 0.25) is 0 Å². The van der Waals surface area contributed by atoms with E-state index in [2.05, 4.69) is 49.2 Å². The van der Waals surface area contributed by atoms with Gasteiger partial charge in [0.15, 0.2) is 0 Å². The Morgan fingerprint density at radius 1 is 1.30 bits per heavy atom. The predicted octanol–water partition coefficient (Wildman–Crippen LogP) is 2.82. The highest BCUT2D eigenvalue weighted by molar-refractivity contribution is 5.18. The second-order valence-corrected chi connectivity index (χ2v) is 6.02. The highest BCUT2D eigenvalue weighted by Crippen LogP contribution is 2.36. The molecule has 1 aliphatic heterocycles. The van der Waals surface area contributed by atoms with Crippen LogP contribution in [0.1, 0.15) is 58.6 Å². The zero-order valence-corrected chi connectivity index (χ0v) is 13.5. The second-order valence-electron chi connectivity index (χ2n) is 6.02. The Labute approximate surface area is 123 Å². The van der Waals surface area contributed by atoms with Crippen LogP contribution >= 0.6 is 0 Å². The number of aryl methyl sites for hydroxylation is 1. The molecule has 0 radical (unpaired) electrons. The van der Waals surface area contributed by atoms with Gasteiger partial charge in [-0.15, -0.1) is 0 Å². The molecule has 1 aromatic rings. The van der Waals surface area contributed by atoms with Gasteiger partial charge in [-0.3, -0.25) is 9.58 Å². The van der Waals surface area contributed by atoms with Gasteiger partial charge in [0.25, 0.3) is 0 Å². The van der Waals surface area contributed by atoms with Gasteiger partial charge in [0.1, 0.15) is 0 Å². The van der Waals surface area contributed by atoms with Crippen LogP contribution in [0.15, 0.2) is 12.4 Å². The fraction of sp³-hybridized carbons (Fsp3) is 0.812. The molecule has 1 aromatic heterocycles. The Bertz CT molecular complexity index is 408. The van der Waals surface area contributed by atoms with Gasteiger partial charge >= 0.3 is 0 Å². The Hall–Kier alpha value is -0.870. The number of likely N-dealkylation sites (tertiary alicyclic amines) is 1. The summed E-state index contributed by atoms with van der Waals surface area (Å²) in [4.78, 5) is 2.67. The van der Waals surface area contributed by atoms with E-state index in [-0.39, 0.29) is 5.54 Å². The summed E-state index contributed by atoms with van der Waals surface area (Å²) in [6, 6.07) is 0.357. The minimum absolute atomic E-state index is 0.175. The first-order valence-electron chi connectivity index (χ1n) is 8.16. The van der Waals surface area contributed by atoms with E-state index in [1.807, 2.05) is 10.9 Å². The van der Waals surface area contributed by atoms with E-state index in [9.17, 15) is 0 Å². The molecule has 1 saturated heterocycles. The lowest BCUT2D eigenvalue weighted by atomic mass is 9.84. The van der Waals surface area contributed by atoms with Gasteiger partial charge in [-0.25, -0.2) is 0 Å². The summed E-state index contributed by atoms with van der Waals surface area (Å²) >= 11 is 0. The molecule has 0 aliphatic carbocycles. The molecule has 0 saturated carbocycles. The highest BCUT2D eigenvalue weighted by atomic mass is 15.3. The molecule has 0 spiro atoms. The molecule has 4 nitrogen and oxygen atoms in total. The molecule has 0 bridgehead atoms. The first-order valence-corrected chi connectivity index (χ1v) is 8.16. The molecule has 1 fully saturated rings. The summed E-state index contributed by atoms with van der Waals surface area (Å²) < 4.78 is 2.03. The van der Waals surface area contributed by atoms with Crippen molar-refractivity contribution in [3.8, 4) is 0 Å². The van der Waals surface area contributed by atoms with Crippen LogP contribution in [0, 0.1) is 0 Å². The van der Waals surface area contributed by atoms with Crippen molar-refractivity contribution in [2.75, 3.05) is 19.6 Å². The average Bonchev–Trinajstić information content (AvgIpc) is 3.14. The zero-order chi connectivity index (χ0) is 14.6. The van der Waals surface area contributed by atoms with Gasteiger partial charge in [-0.1, -0.05) is 13.8 Å². The van der Waals surface area contributed by atoms with Crippen LogP contribution in [0.4, 0.5) is 0 Å². The van der Waals surface area contributed by atoms with E-state index < -0.39 is 0 Å². The summed E-state index contributed by atoms with van der Waals surface area (Å²) in [6.07, 6.45) is 8.07. The lowest BCUT2D eigenvalue weighted by Gasteiger charge is -2.44. The minimum Gasteiger partial charge on any atom is -0.309 e. The Morgan fingerprint density at radius 3 is 2.50 bits per heavy atom. The Kier molecular flexibility index (Phi) is 5.22. The molecule has 0 aromatic carbocycles. The van der Waals surface area contributed by atoms with Gasteiger partial charge in [-0.2, -0.15) is 5.10 Å². The third-order valence-corrected chi connectivity index (χ3v) is 4.88. The zero-order valence-electron chi connectivity index (χ0n) is 13.5. The molecule has 1 aliphatic rings. The monoisotopic (exact) mass is 278 g/mol. The number of nitrogens with zero attached hydrogens (tertiary/aromatic N) is 3. The normalized spacial score (nSPS) is 21.0. The summed E-state index contributed by atoms with van der Waals surface area (Å²) in [5.41, 5.74) is 1.50. The topological polar surface area (TPSA) is 33.1 Å². The number of aromatic nitrogens is 2. The minimum atomic E-state index is 0.175. The first kappa shape index (κ1) is 15.5. The maximum Gasteiger partial charge on any atom is 0.0538 e. The lowest BCUT2D eigenvalue weighted by molar-refractivity contribution is 0.0846. The molecular formula is C16H30N4. The van der Waals surface area contributed by atoms with Gasteiger partial charge in [0, 0.05) is 23.8 Å². The van der Waals surface area contributed by atoms with E-state index in [0.29, 0.717) is 6.04 Å². The van der Waals surface area contributed by atoms with Crippen LogP contribution in [-0.4, -0.2) is 39.9 Å². The number of nitrogens with one attached hydrogen (secondary N) is 1. The summed E-state index contributed by atoms with van der Waals surface area (Å²) in [7, 11) is 0. The molecule has 0 amide bonds. The van der Waals surface area contributed by atoms with Crippen LogP contribution < -0.4 is 5.32 Å². The van der Waals surface area contributed by atoms with Crippen molar-refractivity contribution in [1.29, 1.82) is 0 Å². The summed E-state index contributed by atoms with van der Waals surface area (Å²) in [6.45, 7) is 13.4. The fourth-order valence-electron chi connectivity index (χ4n) is 3.44. The van der Waals surface area contributed by atoms with E-state index in [1.54, 1.807) is 0 Å². The Morgan fingerprint density at radius 2 is 2.00 bits per heavy atom. The standard InChI is InChI=1S/C16H30N4/c1-5-16(4,19-10-8-9-11-19)15(17-6-2)14-12-18-20(7-3)13-14/h12-13,15,17H,5-11H2,1-4H3. The third-order valence-electron chi connectivity index (χ3n) is 4.88. The van der Waals surface area contributed by atoms with Crippen molar-refractivity contribution in [2.24, 2.45) is 0 Å². The van der Waals surface area contributed by atoms with Gasteiger partial charge in [0.05, 0.1) is 12.2 Å². The van der Waals surface area contributed by atoms with E-state index >= 15 is 0 Å². The van der Waals surface area contributed by atoms with Crippen LogP contribution in [0.2, 0.25) is 0 Å². The summed E-state index contributed by atoms with van der Waals surface area (Å²) in [5.74, 6) is 0. The largest absolute Gasteiger partial charge is 0.309 e. The fourth-order valence-corrected chi connectivity index (χ4v) is 3.44. The number of hydrogen-bond acceptors (Lipinski definition) is 3. The second kappa shape index (κ2) is 6.72. The van der Waals surface area contributed by atoms with Crippen molar-refractivity contribution in [1.82, 2.24) is 20.0 Å². The van der Waals surface area contributed by atoms with Crippen LogP contribution in [-0.2, 0) is 6.54 Å². The highest BCUT2D eigenvalue weighted by Gasteiger charge is 2.40. The number of rotatable bonds is 7. The SMILES string of the molecule is CCNC(c1cnn(CC)c1)C(C)(CC)N1CCCC1. The van der Waals surface area contributed by atoms with Crippen molar-refractivity contribution in [3.63, 3.8) is 0 Å². The molecule has 20 heavy (non-hydrogen) atoms. The molecule has 2 unspecified atom stereocenters. The molecule has 2 heterocycles. The van der Waals surface area contributed by atoms with Gasteiger partial charge in [-0.05, 0) is 52.7 Å². The molecule has 2 atom stereocenters. The van der Waals surface area contributed by atoms with Crippen molar-refractivity contribution in [3.05, 3.63) is 18.0 Å². The summed E-state index contributed by atoms with van der Waals surface area (Å²) in [5, 5.41) is 8.18. The number of likely N-dealkylation sites (N-methyl/N-ethyl adjacent to an activating group) is 1. The van der Waals surface area contributed by atoms with Crippen molar-refractivity contribution < 1.29 is 0 Å². The molecule has 1 N–H and O–H groups in total. The predicted molar refractivity (Wildman–Crippen MR) is 83.8 cm³/mol. The van der Waals surface area contributed by atoms with Gasteiger partial charge < -0.3 is 5.32 Å². The molecular weight excluding hydrogens is 248 g/mol. The molecule has 4 heteroatoms. The first-order chi connectivity index (χ1) is 9.65. The van der Waals surface area contributed by atoms with Crippen LogP contribution in [0.3, 0.4) is 0 Å². The van der Waals surface area contributed by atoms with Crippen LogP contribution in [0.25, 0.3) is 0 Å². The van der Waals surface area contributed by atoms with E-state index in [1.165, 1.54) is 31.5 Å².